The first-order valence-corrected chi connectivity index (χ1v) is 12.5. The number of aromatic nitrogens is 2. The van der Waals surface area contributed by atoms with Crippen LogP contribution in [0, 0.1) is 6.92 Å². The Labute approximate surface area is 204 Å². The van der Waals surface area contributed by atoms with Gasteiger partial charge in [0.15, 0.2) is 0 Å². The maximum absolute atomic E-state index is 13.0. The average Bonchev–Trinajstić information content (AvgIpc) is 3.06. The fourth-order valence-corrected chi connectivity index (χ4v) is 4.39. The van der Waals surface area contributed by atoms with Crippen LogP contribution in [0.2, 0.25) is 0 Å². The van der Waals surface area contributed by atoms with Crippen molar-refractivity contribution in [2.75, 3.05) is 16.8 Å². The van der Waals surface area contributed by atoms with Crippen molar-refractivity contribution < 1.29 is 9.59 Å². The minimum absolute atomic E-state index is 0.00155. The largest absolute Gasteiger partial charge is 0.335 e. The van der Waals surface area contributed by atoms with E-state index in [-0.39, 0.29) is 40.6 Å². The van der Waals surface area contributed by atoms with Crippen molar-refractivity contribution in [2.24, 2.45) is 7.05 Å². The second-order valence-electron chi connectivity index (χ2n) is 8.24. The molecule has 34 heavy (non-hydrogen) atoms. The molecule has 8 heteroatoms. The van der Waals surface area contributed by atoms with Crippen LogP contribution in [0.3, 0.4) is 0 Å². The van der Waals surface area contributed by atoms with Crippen LogP contribution < -0.4 is 10.9 Å². The van der Waals surface area contributed by atoms with Crippen molar-refractivity contribution in [3.63, 3.8) is 0 Å². The summed E-state index contributed by atoms with van der Waals surface area (Å²) in [4.78, 5) is 40.3. The monoisotopic (exact) mass is 480 g/mol. The van der Waals surface area contributed by atoms with E-state index in [1.165, 1.54) is 16.4 Å². The van der Waals surface area contributed by atoms with Crippen molar-refractivity contribution in [3.05, 3.63) is 82.3 Å². The highest BCUT2D eigenvalue weighted by Gasteiger charge is 2.21. The zero-order valence-corrected chi connectivity index (χ0v) is 21.0. The zero-order chi connectivity index (χ0) is 24.7. The lowest BCUT2D eigenvalue weighted by Crippen LogP contribution is -2.39. The van der Waals surface area contributed by atoms with E-state index >= 15 is 0 Å². The standard InChI is InChI=1S/C26H32N4O3S/c1-5-19(2)29(16-21-12-8-6-9-13-21)24(32)18-34-17-23(31)27-25-20(3)28(4)30(26(25)33)22-14-10-7-11-15-22/h6-15,19H,5,16-18H2,1-4H3,(H,27,31). The van der Waals surface area contributed by atoms with E-state index in [4.69, 9.17) is 0 Å². The summed E-state index contributed by atoms with van der Waals surface area (Å²) in [7, 11) is 1.78. The summed E-state index contributed by atoms with van der Waals surface area (Å²) >= 11 is 1.26. The molecule has 0 aliphatic rings. The van der Waals surface area contributed by atoms with Gasteiger partial charge in [-0.1, -0.05) is 55.5 Å². The molecule has 1 heterocycles. The van der Waals surface area contributed by atoms with Gasteiger partial charge in [-0.3, -0.25) is 19.1 Å². The van der Waals surface area contributed by atoms with E-state index in [1.807, 2.05) is 72.5 Å². The molecule has 0 radical (unpaired) electrons. The van der Waals surface area contributed by atoms with Crippen LogP contribution in [0.15, 0.2) is 65.5 Å². The first-order valence-electron chi connectivity index (χ1n) is 11.4. The third-order valence-electron chi connectivity index (χ3n) is 5.92. The van der Waals surface area contributed by atoms with E-state index in [9.17, 15) is 14.4 Å². The third-order valence-corrected chi connectivity index (χ3v) is 6.83. The van der Waals surface area contributed by atoms with Gasteiger partial charge in [0.25, 0.3) is 5.56 Å². The Hall–Kier alpha value is -3.26. The number of amides is 2. The first-order chi connectivity index (χ1) is 16.3. The lowest BCUT2D eigenvalue weighted by molar-refractivity contribution is -0.131. The highest BCUT2D eigenvalue weighted by molar-refractivity contribution is 8.00. The second-order valence-corrected chi connectivity index (χ2v) is 9.23. The number of rotatable bonds is 10. The molecule has 3 rings (SSSR count). The van der Waals surface area contributed by atoms with Crippen LogP contribution in [0.4, 0.5) is 5.69 Å². The van der Waals surface area contributed by atoms with Crippen LogP contribution in [0.5, 0.6) is 0 Å². The Balaban J connectivity index is 1.61. The first kappa shape index (κ1) is 25.4. The number of nitrogens with one attached hydrogen (secondary N) is 1. The fraction of sp³-hybridized carbons (Fsp3) is 0.346. The van der Waals surface area contributed by atoms with Crippen molar-refractivity contribution in [1.82, 2.24) is 14.3 Å². The number of thioether (sulfide) groups is 1. The van der Waals surface area contributed by atoms with Crippen molar-refractivity contribution >= 4 is 29.3 Å². The number of hydrogen-bond acceptors (Lipinski definition) is 4. The fourth-order valence-electron chi connectivity index (χ4n) is 3.69. The smallest absolute Gasteiger partial charge is 0.295 e. The van der Waals surface area contributed by atoms with E-state index < -0.39 is 0 Å². The van der Waals surface area contributed by atoms with Gasteiger partial charge in [-0.15, -0.1) is 11.8 Å². The molecule has 7 nitrogen and oxygen atoms in total. The highest BCUT2D eigenvalue weighted by Crippen LogP contribution is 2.16. The molecule has 1 unspecified atom stereocenters. The van der Waals surface area contributed by atoms with Crippen molar-refractivity contribution in [1.29, 1.82) is 0 Å². The molecule has 0 bridgehead atoms. The number of carbonyl (C=O) groups excluding carboxylic acids is 2. The van der Waals surface area contributed by atoms with Crippen LogP contribution in [-0.4, -0.2) is 43.6 Å². The molecule has 0 fully saturated rings. The minimum Gasteiger partial charge on any atom is -0.335 e. The lowest BCUT2D eigenvalue weighted by Gasteiger charge is -2.28. The van der Waals surface area contributed by atoms with E-state index in [0.717, 1.165) is 17.7 Å². The lowest BCUT2D eigenvalue weighted by atomic mass is 10.1. The molecule has 0 spiro atoms. The Morgan fingerprint density at radius 3 is 2.26 bits per heavy atom. The number of hydrogen-bond donors (Lipinski definition) is 1. The number of nitrogens with zero attached hydrogens (tertiary/aromatic N) is 3. The zero-order valence-electron chi connectivity index (χ0n) is 20.2. The van der Waals surface area contributed by atoms with E-state index in [2.05, 4.69) is 12.2 Å². The normalized spacial score (nSPS) is 11.8. The molecule has 0 saturated carbocycles. The molecule has 0 aliphatic heterocycles. The molecule has 0 aliphatic carbocycles. The molecule has 1 aromatic heterocycles. The molecule has 180 valence electrons. The molecular weight excluding hydrogens is 448 g/mol. The van der Waals surface area contributed by atoms with Crippen LogP contribution in [0.1, 0.15) is 31.5 Å². The summed E-state index contributed by atoms with van der Waals surface area (Å²) in [5, 5.41) is 2.75. The van der Waals surface area contributed by atoms with Gasteiger partial charge in [0.2, 0.25) is 11.8 Å². The van der Waals surface area contributed by atoms with Crippen LogP contribution in [0.25, 0.3) is 5.69 Å². The molecule has 2 amide bonds. The summed E-state index contributed by atoms with van der Waals surface area (Å²) < 4.78 is 3.24. The van der Waals surface area contributed by atoms with Gasteiger partial charge < -0.3 is 10.2 Å². The topological polar surface area (TPSA) is 76.3 Å². The Morgan fingerprint density at radius 1 is 1.03 bits per heavy atom. The average molecular weight is 481 g/mol. The minimum atomic E-state index is -0.304. The molecular formula is C26H32N4O3S. The van der Waals surface area contributed by atoms with Gasteiger partial charge in [-0.25, -0.2) is 4.68 Å². The SMILES string of the molecule is CCC(C)N(Cc1ccccc1)C(=O)CSCC(=O)Nc1c(C)n(C)n(-c2ccccc2)c1=O. The van der Waals surface area contributed by atoms with Crippen molar-refractivity contribution in [3.8, 4) is 5.69 Å². The molecule has 2 aromatic carbocycles. The van der Waals surface area contributed by atoms with Gasteiger partial charge in [-0.2, -0.15) is 0 Å². The number of benzene rings is 2. The summed E-state index contributed by atoms with van der Waals surface area (Å²) in [5.74, 6) is -0.0165. The maximum atomic E-state index is 13.0. The van der Waals surface area contributed by atoms with Gasteiger partial charge in [0.05, 0.1) is 22.9 Å². The molecule has 3 aromatic rings. The predicted molar refractivity (Wildman–Crippen MR) is 138 cm³/mol. The summed E-state index contributed by atoms with van der Waals surface area (Å²) in [6, 6.07) is 19.3. The number of anilines is 1. The predicted octanol–water partition coefficient (Wildman–Crippen LogP) is 3.98. The molecule has 1 atom stereocenters. The molecule has 0 saturated heterocycles. The molecule has 1 N–H and O–H groups in total. The van der Waals surface area contributed by atoms with E-state index in [0.29, 0.717) is 12.2 Å². The summed E-state index contributed by atoms with van der Waals surface area (Å²) in [6.07, 6.45) is 0.852. The number of carbonyl (C=O) groups is 2. The van der Waals surface area contributed by atoms with E-state index in [1.54, 1.807) is 18.7 Å². The summed E-state index contributed by atoms with van der Waals surface area (Å²) in [6.45, 7) is 6.43. The van der Waals surface area contributed by atoms with Gasteiger partial charge >= 0.3 is 0 Å². The Morgan fingerprint density at radius 2 is 1.65 bits per heavy atom. The highest BCUT2D eigenvalue weighted by atomic mass is 32.2. The van der Waals surface area contributed by atoms with Crippen LogP contribution >= 0.6 is 11.8 Å². The van der Waals surface area contributed by atoms with Gasteiger partial charge in [0, 0.05) is 19.6 Å². The summed E-state index contributed by atoms with van der Waals surface area (Å²) in [5.41, 5.74) is 2.43. The van der Waals surface area contributed by atoms with Crippen LogP contribution in [-0.2, 0) is 23.2 Å². The maximum Gasteiger partial charge on any atom is 0.295 e. The Bertz CT molecular complexity index is 1170. The second kappa shape index (κ2) is 11.7. The van der Waals surface area contributed by atoms with Crippen molar-refractivity contribution in [2.45, 2.75) is 39.8 Å². The number of para-hydroxylation sites is 1. The van der Waals surface area contributed by atoms with Gasteiger partial charge in [0.1, 0.15) is 5.69 Å². The van der Waals surface area contributed by atoms with Gasteiger partial charge in [-0.05, 0) is 38.0 Å². The third kappa shape index (κ3) is 5.99. The quantitative estimate of drug-likeness (QED) is 0.476. The Kier molecular flexibility index (Phi) is 8.76.